The zero-order chi connectivity index (χ0) is 12.9. The van der Waals surface area contributed by atoms with Crippen LogP contribution in [-0.4, -0.2) is 17.1 Å². The number of carbonyl (C=O) groups excluding carboxylic acids is 1. The lowest BCUT2D eigenvalue weighted by Crippen LogP contribution is -2.17. The quantitative estimate of drug-likeness (QED) is 0.786. The summed E-state index contributed by atoms with van der Waals surface area (Å²) in [5.41, 5.74) is 0.811. The topological polar surface area (TPSA) is 42.1 Å². The van der Waals surface area contributed by atoms with Crippen molar-refractivity contribution in [1.29, 1.82) is 0 Å². The first kappa shape index (κ1) is 13.6. The van der Waals surface area contributed by atoms with Gasteiger partial charge in [-0.2, -0.15) is 0 Å². The molecule has 0 aliphatic heterocycles. The fourth-order valence-corrected chi connectivity index (χ4v) is 1.35. The Hall–Kier alpha value is -1.48. The maximum Gasteiger partial charge on any atom is 0.293 e. The van der Waals surface area contributed by atoms with Crippen LogP contribution in [0.1, 0.15) is 20.8 Å². The smallest absolute Gasteiger partial charge is 0.293 e. The summed E-state index contributed by atoms with van der Waals surface area (Å²) in [6.45, 7) is 5.92. The minimum atomic E-state index is -0.318. The van der Waals surface area contributed by atoms with Crippen LogP contribution in [-0.2, 0) is 9.53 Å². The van der Waals surface area contributed by atoms with Gasteiger partial charge < -0.3 is 9.72 Å². The van der Waals surface area contributed by atoms with Crippen LogP contribution in [0, 0.1) is 0 Å². The Balaban J connectivity index is 0.000000185. The average molecular weight is 254 g/mol. The highest BCUT2D eigenvalue weighted by Gasteiger charge is 2.07. The Morgan fingerprint density at radius 3 is 2.53 bits per heavy atom. The third-order valence-electron chi connectivity index (χ3n) is 1.92. The maximum absolute atomic E-state index is 9.60. The summed E-state index contributed by atoms with van der Waals surface area (Å²) in [5.74, 6) is 0. The van der Waals surface area contributed by atoms with Gasteiger partial charge in [-0.3, -0.25) is 4.79 Å². The first-order chi connectivity index (χ1) is 7.92. The Bertz CT molecular complexity index is 485. The molecule has 0 aliphatic carbocycles. The first-order valence-corrected chi connectivity index (χ1v) is 5.64. The molecule has 92 valence electrons. The molecule has 1 heterocycles. The van der Waals surface area contributed by atoms with Crippen LogP contribution < -0.4 is 0 Å². The fraction of sp³-hybridized carbons (Fsp3) is 0.308. The van der Waals surface area contributed by atoms with Crippen molar-refractivity contribution in [2.75, 3.05) is 0 Å². The van der Waals surface area contributed by atoms with Gasteiger partial charge in [0.05, 0.1) is 0 Å². The molecule has 0 atom stereocenters. The predicted molar refractivity (Wildman–Crippen MR) is 70.2 cm³/mol. The van der Waals surface area contributed by atoms with E-state index in [1.807, 2.05) is 51.2 Å². The summed E-state index contributed by atoms with van der Waals surface area (Å²) in [6, 6.07) is 7.78. The molecule has 0 aliphatic rings. The zero-order valence-corrected chi connectivity index (χ0v) is 10.9. The lowest BCUT2D eigenvalue weighted by atomic mass is 10.2. The van der Waals surface area contributed by atoms with Crippen LogP contribution in [0.5, 0.6) is 0 Å². The number of nitrogens with one attached hydrogen (secondary N) is 1. The van der Waals surface area contributed by atoms with Crippen LogP contribution in [0.25, 0.3) is 10.9 Å². The van der Waals surface area contributed by atoms with Gasteiger partial charge in [-0.1, -0.05) is 11.6 Å². The molecule has 2 rings (SSSR count). The second-order valence-corrected chi connectivity index (χ2v) is 4.97. The monoisotopic (exact) mass is 253 g/mol. The Morgan fingerprint density at radius 2 is 2.00 bits per heavy atom. The van der Waals surface area contributed by atoms with Crippen molar-refractivity contribution in [3.05, 3.63) is 35.5 Å². The van der Waals surface area contributed by atoms with Gasteiger partial charge in [0, 0.05) is 22.1 Å². The van der Waals surface area contributed by atoms with Crippen molar-refractivity contribution in [1.82, 2.24) is 4.98 Å². The third-order valence-corrected chi connectivity index (χ3v) is 2.15. The highest BCUT2D eigenvalue weighted by molar-refractivity contribution is 6.31. The number of benzene rings is 1. The largest absolute Gasteiger partial charge is 0.462 e. The van der Waals surface area contributed by atoms with Crippen molar-refractivity contribution in [2.45, 2.75) is 26.4 Å². The molecule has 0 bridgehead atoms. The molecule has 0 saturated heterocycles. The molecule has 4 heteroatoms. The number of hydrogen-bond acceptors (Lipinski definition) is 2. The van der Waals surface area contributed by atoms with Crippen molar-refractivity contribution in [3.8, 4) is 0 Å². The number of rotatable bonds is 1. The summed E-state index contributed by atoms with van der Waals surface area (Å²) in [7, 11) is 0. The van der Waals surface area contributed by atoms with Crippen LogP contribution in [0.2, 0.25) is 5.02 Å². The molecule has 2 aromatic rings. The lowest BCUT2D eigenvalue weighted by molar-refractivity contribution is -0.138. The van der Waals surface area contributed by atoms with Crippen molar-refractivity contribution >= 4 is 29.0 Å². The number of halogens is 1. The molecular formula is C13H16ClNO2. The number of aromatic amines is 1. The molecule has 0 spiro atoms. The van der Waals surface area contributed by atoms with Crippen LogP contribution in [0.4, 0.5) is 0 Å². The summed E-state index contributed by atoms with van der Waals surface area (Å²) in [5, 5.41) is 1.94. The second-order valence-electron chi connectivity index (χ2n) is 4.54. The van der Waals surface area contributed by atoms with Gasteiger partial charge in [0.1, 0.15) is 5.60 Å². The zero-order valence-electron chi connectivity index (χ0n) is 10.2. The third kappa shape index (κ3) is 4.91. The van der Waals surface area contributed by atoms with E-state index in [9.17, 15) is 4.79 Å². The van der Waals surface area contributed by atoms with Gasteiger partial charge in [-0.15, -0.1) is 0 Å². The van der Waals surface area contributed by atoms with Crippen LogP contribution in [0.3, 0.4) is 0 Å². The Kier molecular flexibility index (Phi) is 4.58. The number of fused-ring (bicyclic) bond motifs is 1. The standard InChI is InChI=1S/C8H6ClN.C5H10O2/c9-7-1-2-8-6(5-7)3-4-10-8;1-5(2,3)7-4-6/h1-5,10H;4H,1-3H3. The van der Waals surface area contributed by atoms with E-state index in [-0.39, 0.29) is 5.60 Å². The van der Waals surface area contributed by atoms with E-state index in [0.717, 1.165) is 15.9 Å². The Morgan fingerprint density at radius 1 is 1.29 bits per heavy atom. The molecule has 0 amide bonds. The van der Waals surface area contributed by atoms with E-state index >= 15 is 0 Å². The predicted octanol–water partition coefficient (Wildman–Crippen LogP) is 3.78. The molecule has 0 fully saturated rings. The molecule has 3 nitrogen and oxygen atoms in total. The van der Waals surface area contributed by atoms with E-state index in [1.165, 1.54) is 0 Å². The van der Waals surface area contributed by atoms with Crippen molar-refractivity contribution < 1.29 is 9.53 Å². The van der Waals surface area contributed by atoms with Gasteiger partial charge in [-0.25, -0.2) is 0 Å². The number of carbonyl (C=O) groups is 1. The maximum atomic E-state index is 9.60. The minimum absolute atomic E-state index is 0.318. The molecule has 0 saturated carbocycles. The fourth-order valence-electron chi connectivity index (χ4n) is 1.17. The normalized spacial score (nSPS) is 10.6. The van der Waals surface area contributed by atoms with E-state index < -0.39 is 0 Å². The summed E-state index contributed by atoms with van der Waals surface area (Å²) >= 11 is 5.76. The van der Waals surface area contributed by atoms with Crippen LogP contribution >= 0.6 is 11.6 Å². The van der Waals surface area contributed by atoms with E-state index in [1.54, 1.807) is 0 Å². The van der Waals surface area contributed by atoms with Crippen LogP contribution in [0.15, 0.2) is 30.5 Å². The second kappa shape index (κ2) is 5.73. The SMILES string of the molecule is CC(C)(C)OC=O.Clc1ccc2[nH]ccc2c1. The molecule has 17 heavy (non-hydrogen) atoms. The van der Waals surface area contributed by atoms with E-state index in [2.05, 4.69) is 9.72 Å². The lowest BCUT2D eigenvalue weighted by Gasteiger charge is -2.14. The van der Waals surface area contributed by atoms with Gasteiger partial charge in [-0.05, 0) is 45.0 Å². The van der Waals surface area contributed by atoms with Gasteiger partial charge in [0.2, 0.25) is 0 Å². The molecule has 1 N–H and O–H groups in total. The van der Waals surface area contributed by atoms with Gasteiger partial charge >= 0.3 is 0 Å². The number of aromatic nitrogens is 1. The van der Waals surface area contributed by atoms with E-state index in [0.29, 0.717) is 6.47 Å². The van der Waals surface area contributed by atoms with Crippen molar-refractivity contribution in [2.24, 2.45) is 0 Å². The molecular weight excluding hydrogens is 238 g/mol. The highest BCUT2D eigenvalue weighted by atomic mass is 35.5. The summed E-state index contributed by atoms with van der Waals surface area (Å²) in [4.78, 5) is 12.7. The summed E-state index contributed by atoms with van der Waals surface area (Å²) < 4.78 is 4.55. The molecule has 0 radical (unpaired) electrons. The van der Waals surface area contributed by atoms with E-state index in [4.69, 9.17) is 11.6 Å². The highest BCUT2D eigenvalue weighted by Crippen LogP contribution is 2.17. The molecule has 1 aromatic heterocycles. The minimum Gasteiger partial charge on any atom is -0.462 e. The van der Waals surface area contributed by atoms with Crippen molar-refractivity contribution in [3.63, 3.8) is 0 Å². The van der Waals surface area contributed by atoms with Gasteiger partial charge in [0.25, 0.3) is 6.47 Å². The number of H-pyrrole nitrogens is 1. The number of hydrogen-bond donors (Lipinski definition) is 1. The molecule has 0 unspecified atom stereocenters. The van der Waals surface area contributed by atoms with Gasteiger partial charge in [0.15, 0.2) is 0 Å². The first-order valence-electron chi connectivity index (χ1n) is 5.26. The number of ether oxygens (including phenoxy) is 1. The Labute approximate surface area is 106 Å². The average Bonchev–Trinajstić information content (AvgIpc) is 2.63. The molecule has 1 aromatic carbocycles. The summed E-state index contributed by atoms with van der Waals surface area (Å²) in [6.07, 6.45) is 1.90.